The SMILES string of the molecule is CCn1nc2c(S(=O)(=O)Cl)cccc2c1Cl. The molecule has 86 valence electrons. The number of hydrogen-bond acceptors (Lipinski definition) is 3. The molecule has 0 atom stereocenters. The average molecular weight is 279 g/mol. The van der Waals surface area contributed by atoms with E-state index in [-0.39, 0.29) is 4.90 Å². The maximum absolute atomic E-state index is 11.3. The van der Waals surface area contributed by atoms with E-state index < -0.39 is 9.05 Å². The highest BCUT2D eigenvalue weighted by molar-refractivity contribution is 8.14. The van der Waals surface area contributed by atoms with Crippen molar-refractivity contribution in [3.8, 4) is 0 Å². The molecule has 0 aliphatic heterocycles. The Kier molecular flexibility index (Phi) is 2.86. The predicted octanol–water partition coefficient (Wildman–Crippen LogP) is 2.64. The molecule has 1 aromatic heterocycles. The predicted molar refractivity (Wildman–Crippen MR) is 63.5 cm³/mol. The molecule has 0 amide bonds. The van der Waals surface area contributed by atoms with Crippen molar-refractivity contribution in [2.24, 2.45) is 0 Å². The summed E-state index contributed by atoms with van der Waals surface area (Å²) in [7, 11) is 1.52. The molecular formula is C9H8Cl2N2O2S. The van der Waals surface area contributed by atoms with Crippen molar-refractivity contribution in [3.05, 3.63) is 23.4 Å². The van der Waals surface area contributed by atoms with Gasteiger partial charge in [0.15, 0.2) is 0 Å². The van der Waals surface area contributed by atoms with Gasteiger partial charge in [-0.15, -0.1) is 0 Å². The summed E-state index contributed by atoms with van der Waals surface area (Å²) in [6.45, 7) is 2.43. The molecule has 1 aromatic carbocycles. The molecule has 16 heavy (non-hydrogen) atoms. The molecule has 0 N–H and O–H groups in total. The Morgan fingerprint density at radius 1 is 1.44 bits per heavy atom. The number of aryl methyl sites for hydroxylation is 1. The number of aromatic nitrogens is 2. The van der Waals surface area contributed by atoms with E-state index in [1.807, 2.05) is 6.92 Å². The van der Waals surface area contributed by atoms with Crippen molar-refractivity contribution < 1.29 is 8.42 Å². The van der Waals surface area contributed by atoms with Gasteiger partial charge < -0.3 is 0 Å². The van der Waals surface area contributed by atoms with Crippen LogP contribution in [-0.4, -0.2) is 18.2 Å². The Labute approximate surface area is 102 Å². The molecule has 0 unspecified atom stereocenters. The highest BCUT2D eigenvalue weighted by Gasteiger charge is 2.19. The van der Waals surface area contributed by atoms with Gasteiger partial charge in [0.2, 0.25) is 0 Å². The standard InChI is InChI=1S/C9H8Cl2N2O2S/c1-2-13-9(10)6-4-3-5-7(8(6)12-13)16(11,14)15/h3-5H,2H2,1H3. The van der Waals surface area contributed by atoms with E-state index in [0.29, 0.717) is 22.6 Å². The maximum Gasteiger partial charge on any atom is 0.263 e. The molecule has 1 heterocycles. The number of fused-ring (bicyclic) bond motifs is 1. The lowest BCUT2D eigenvalue weighted by Gasteiger charge is -1.95. The van der Waals surface area contributed by atoms with Crippen molar-refractivity contribution in [2.45, 2.75) is 18.4 Å². The van der Waals surface area contributed by atoms with Crippen molar-refractivity contribution in [3.63, 3.8) is 0 Å². The molecule has 4 nitrogen and oxygen atoms in total. The second-order valence-electron chi connectivity index (χ2n) is 3.20. The minimum absolute atomic E-state index is 0.0132. The number of nitrogens with zero attached hydrogens (tertiary/aromatic N) is 2. The molecule has 0 radical (unpaired) electrons. The third kappa shape index (κ3) is 1.79. The molecule has 2 rings (SSSR count). The highest BCUT2D eigenvalue weighted by atomic mass is 35.7. The summed E-state index contributed by atoms with van der Waals surface area (Å²) in [5.74, 6) is 0. The summed E-state index contributed by atoms with van der Waals surface area (Å²) in [6.07, 6.45) is 0. The van der Waals surface area contributed by atoms with Crippen LogP contribution < -0.4 is 0 Å². The van der Waals surface area contributed by atoms with E-state index in [4.69, 9.17) is 22.3 Å². The summed E-state index contributed by atoms with van der Waals surface area (Å²) >= 11 is 6.04. The minimum Gasteiger partial charge on any atom is -0.253 e. The van der Waals surface area contributed by atoms with Crippen LogP contribution in [-0.2, 0) is 15.6 Å². The Hall–Kier alpha value is -0.780. The smallest absolute Gasteiger partial charge is 0.253 e. The van der Waals surface area contributed by atoms with Crippen LogP contribution in [0.3, 0.4) is 0 Å². The molecular weight excluding hydrogens is 271 g/mol. The quantitative estimate of drug-likeness (QED) is 0.794. The summed E-state index contributed by atoms with van der Waals surface area (Å²) in [5.41, 5.74) is 0.310. The second kappa shape index (κ2) is 3.91. The highest BCUT2D eigenvalue weighted by Crippen LogP contribution is 2.29. The second-order valence-corrected chi connectivity index (χ2v) is 6.09. The van der Waals surface area contributed by atoms with Crippen LogP contribution in [0.25, 0.3) is 10.9 Å². The number of halogens is 2. The zero-order valence-electron chi connectivity index (χ0n) is 8.31. The van der Waals surface area contributed by atoms with Crippen LogP contribution in [0.5, 0.6) is 0 Å². The largest absolute Gasteiger partial charge is 0.263 e. The lowest BCUT2D eigenvalue weighted by molar-refractivity contribution is 0.609. The van der Waals surface area contributed by atoms with Crippen LogP contribution in [0.2, 0.25) is 5.15 Å². The number of hydrogen-bond donors (Lipinski definition) is 0. The molecule has 0 saturated heterocycles. The molecule has 0 saturated carbocycles. The normalized spacial score (nSPS) is 12.2. The van der Waals surface area contributed by atoms with E-state index in [2.05, 4.69) is 5.10 Å². The Morgan fingerprint density at radius 2 is 2.12 bits per heavy atom. The topological polar surface area (TPSA) is 52.0 Å². The third-order valence-electron chi connectivity index (χ3n) is 2.23. The minimum atomic E-state index is -3.80. The van der Waals surface area contributed by atoms with Gasteiger partial charge in [0.05, 0.1) is 0 Å². The van der Waals surface area contributed by atoms with Gasteiger partial charge in [-0.05, 0) is 19.1 Å². The lowest BCUT2D eigenvalue weighted by Crippen LogP contribution is -1.96. The lowest BCUT2D eigenvalue weighted by atomic mass is 10.3. The average Bonchev–Trinajstić information content (AvgIpc) is 2.54. The fraction of sp³-hybridized carbons (Fsp3) is 0.222. The van der Waals surface area contributed by atoms with Crippen molar-refractivity contribution in [2.75, 3.05) is 0 Å². The zero-order valence-corrected chi connectivity index (χ0v) is 10.6. The van der Waals surface area contributed by atoms with Gasteiger partial charge in [-0.3, -0.25) is 4.68 Å². The van der Waals surface area contributed by atoms with Crippen molar-refractivity contribution in [1.82, 2.24) is 9.78 Å². The molecule has 2 aromatic rings. The van der Waals surface area contributed by atoms with Crippen LogP contribution >= 0.6 is 22.3 Å². The first-order valence-corrected chi connectivity index (χ1v) is 7.23. The number of rotatable bonds is 2. The van der Waals surface area contributed by atoms with Crippen LogP contribution in [0, 0.1) is 0 Å². The zero-order chi connectivity index (χ0) is 11.9. The Balaban J connectivity index is 2.89. The van der Waals surface area contributed by atoms with Crippen LogP contribution in [0.15, 0.2) is 23.1 Å². The first-order chi connectivity index (χ1) is 7.45. The molecule has 0 spiro atoms. The van der Waals surface area contributed by atoms with E-state index in [1.54, 1.807) is 12.1 Å². The summed E-state index contributed by atoms with van der Waals surface area (Å²) in [4.78, 5) is -0.0132. The molecule has 7 heteroatoms. The van der Waals surface area contributed by atoms with Gasteiger partial charge >= 0.3 is 0 Å². The fourth-order valence-electron chi connectivity index (χ4n) is 1.50. The molecule has 0 bridgehead atoms. The monoisotopic (exact) mass is 278 g/mol. The van der Waals surface area contributed by atoms with E-state index in [0.717, 1.165) is 0 Å². The van der Waals surface area contributed by atoms with Gasteiger partial charge in [0.1, 0.15) is 15.6 Å². The molecule has 0 aliphatic rings. The van der Waals surface area contributed by atoms with Crippen LogP contribution in [0.4, 0.5) is 0 Å². The van der Waals surface area contributed by atoms with Gasteiger partial charge in [-0.2, -0.15) is 5.10 Å². The molecule has 0 aliphatic carbocycles. The van der Waals surface area contributed by atoms with Crippen LogP contribution in [0.1, 0.15) is 6.92 Å². The molecule has 0 fully saturated rings. The summed E-state index contributed by atoms with van der Waals surface area (Å²) in [6, 6.07) is 4.71. The maximum atomic E-state index is 11.3. The van der Waals surface area contributed by atoms with E-state index >= 15 is 0 Å². The first kappa shape index (κ1) is 11.7. The first-order valence-electron chi connectivity index (χ1n) is 4.55. The van der Waals surface area contributed by atoms with Crippen molar-refractivity contribution in [1.29, 1.82) is 0 Å². The van der Waals surface area contributed by atoms with Gasteiger partial charge in [-0.1, -0.05) is 17.7 Å². The van der Waals surface area contributed by atoms with Crippen molar-refractivity contribution >= 4 is 42.2 Å². The summed E-state index contributed by atoms with van der Waals surface area (Å²) < 4.78 is 24.2. The van der Waals surface area contributed by atoms with Gasteiger partial charge in [0.25, 0.3) is 9.05 Å². The number of benzene rings is 1. The Bertz CT molecular complexity index is 649. The van der Waals surface area contributed by atoms with Gasteiger partial charge in [0, 0.05) is 22.6 Å². The fourth-order valence-corrected chi connectivity index (χ4v) is 2.81. The van der Waals surface area contributed by atoms with Gasteiger partial charge in [-0.25, -0.2) is 8.42 Å². The third-order valence-corrected chi connectivity index (χ3v) is 3.98. The Morgan fingerprint density at radius 3 is 2.69 bits per heavy atom. The van der Waals surface area contributed by atoms with E-state index in [1.165, 1.54) is 10.7 Å². The summed E-state index contributed by atoms with van der Waals surface area (Å²) in [5, 5.41) is 5.12. The van der Waals surface area contributed by atoms with E-state index in [9.17, 15) is 8.42 Å².